The Balaban J connectivity index is 1.78. The van der Waals surface area contributed by atoms with Crippen LogP contribution in [-0.2, 0) is 14.3 Å². The number of aromatic nitrogens is 1. The molecule has 10 heteroatoms. The first-order valence-corrected chi connectivity index (χ1v) is 13.9. The van der Waals surface area contributed by atoms with Crippen LogP contribution >= 0.6 is 11.3 Å². The highest BCUT2D eigenvalue weighted by atomic mass is 32.1. The van der Waals surface area contributed by atoms with Crippen LogP contribution in [0.1, 0.15) is 66.1 Å². The summed E-state index contributed by atoms with van der Waals surface area (Å²) in [5.74, 6) is -2.76. The van der Waals surface area contributed by atoms with Gasteiger partial charge in [-0.2, -0.15) is 0 Å². The Bertz CT molecular complexity index is 1450. The van der Waals surface area contributed by atoms with Gasteiger partial charge in [0.2, 0.25) is 0 Å². The minimum Gasteiger partial charge on any atom is -0.507 e. The van der Waals surface area contributed by atoms with E-state index in [1.54, 1.807) is 37.3 Å². The minimum absolute atomic E-state index is 0.0593. The van der Waals surface area contributed by atoms with Crippen molar-refractivity contribution in [2.24, 2.45) is 5.92 Å². The fourth-order valence-electron chi connectivity index (χ4n) is 4.20. The van der Waals surface area contributed by atoms with Gasteiger partial charge in [-0.15, -0.1) is 0 Å². The Morgan fingerprint density at radius 2 is 1.90 bits per heavy atom. The second-order valence-electron chi connectivity index (χ2n) is 9.85. The number of nitrogens with zero attached hydrogens (tertiary/aromatic N) is 2. The van der Waals surface area contributed by atoms with E-state index >= 15 is 0 Å². The van der Waals surface area contributed by atoms with E-state index in [1.165, 1.54) is 18.2 Å². The fraction of sp³-hybridized carbons (Fsp3) is 0.333. The van der Waals surface area contributed by atoms with Gasteiger partial charge in [0.1, 0.15) is 22.2 Å². The number of benzene rings is 2. The fourth-order valence-corrected chi connectivity index (χ4v) is 5.19. The van der Waals surface area contributed by atoms with E-state index in [0.29, 0.717) is 18.1 Å². The number of Topliss-reactive ketones (excluding diaryl/α,β-unsaturated/α-hetero) is 1. The van der Waals surface area contributed by atoms with Crippen LogP contribution in [0.15, 0.2) is 54.1 Å². The maximum atomic E-state index is 14.3. The third-order valence-electron chi connectivity index (χ3n) is 6.23. The maximum absolute atomic E-state index is 14.3. The average molecular weight is 567 g/mol. The number of hydrogen-bond acceptors (Lipinski definition) is 8. The summed E-state index contributed by atoms with van der Waals surface area (Å²) in [6.07, 6.45) is 1.88. The Labute approximate surface area is 236 Å². The van der Waals surface area contributed by atoms with E-state index in [1.807, 2.05) is 13.8 Å². The number of thiazole rings is 1. The van der Waals surface area contributed by atoms with Gasteiger partial charge in [-0.1, -0.05) is 50.7 Å². The average Bonchev–Trinajstić information content (AvgIpc) is 3.44. The molecule has 0 saturated carbocycles. The van der Waals surface area contributed by atoms with Gasteiger partial charge >= 0.3 is 11.9 Å². The Hall–Kier alpha value is -4.05. The summed E-state index contributed by atoms with van der Waals surface area (Å²) in [4.78, 5) is 45.1. The highest BCUT2D eigenvalue weighted by Crippen LogP contribution is 2.44. The van der Waals surface area contributed by atoms with Crippen molar-refractivity contribution in [2.45, 2.75) is 46.6 Å². The number of ether oxygens (including phenoxy) is 2. The van der Waals surface area contributed by atoms with Crippen molar-refractivity contribution in [1.82, 2.24) is 4.98 Å². The summed E-state index contributed by atoms with van der Waals surface area (Å²) >= 11 is 0.899. The number of esters is 1. The second-order valence-corrected chi connectivity index (χ2v) is 10.8. The number of carbonyl (C=O) groups excluding carboxylic acids is 3. The Morgan fingerprint density at radius 1 is 1.18 bits per heavy atom. The number of unbranched alkanes of at least 4 members (excludes halogenated alkanes) is 1. The minimum atomic E-state index is -1.18. The lowest BCUT2D eigenvalue weighted by atomic mass is 9.95. The SMILES string of the molecule is CCCCOc1ccc(/C(O)=C2/C(=O)C(=O)N(c3nc(C)c(C(=O)OCC(C)C)s3)C2c2cccc(F)c2)cc1. The predicted molar refractivity (Wildman–Crippen MR) is 150 cm³/mol. The van der Waals surface area contributed by atoms with Gasteiger partial charge in [0.15, 0.2) is 5.13 Å². The topological polar surface area (TPSA) is 106 Å². The van der Waals surface area contributed by atoms with E-state index in [-0.39, 0.29) is 39.2 Å². The second kappa shape index (κ2) is 12.4. The Morgan fingerprint density at radius 3 is 2.55 bits per heavy atom. The molecule has 2 heterocycles. The molecule has 1 aliphatic rings. The molecule has 4 rings (SSSR count). The molecule has 0 spiro atoms. The molecule has 8 nitrogen and oxygen atoms in total. The van der Waals surface area contributed by atoms with E-state index < -0.39 is 35.3 Å². The molecule has 1 saturated heterocycles. The Kier molecular flexibility index (Phi) is 8.99. The van der Waals surface area contributed by atoms with Gasteiger partial charge < -0.3 is 14.6 Å². The molecule has 0 aliphatic carbocycles. The van der Waals surface area contributed by atoms with Crippen molar-refractivity contribution in [3.63, 3.8) is 0 Å². The predicted octanol–water partition coefficient (Wildman–Crippen LogP) is 6.21. The quantitative estimate of drug-likeness (QED) is 0.102. The third kappa shape index (κ3) is 6.07. The molecule has 1 N–H and O–H groups in total. The van der Waals surface area contributed by atoms with E-state index in [9.17, 15) is 23.9 Å². The van der Waals surface area contributed by atoms with Gasteiger partial charge in [0, 0.05) is 5.56 Å². The number of aryl methyl sites for hydroxylation is 1. The number of carbonyl (C=O) groups is 3. The van der Waals surface area contributed by atoms with Crippen molar-refractivity contribution >= 4 is 39.9 Å². The molecular formula is C30H31FN2O6S. The van der Waals surface area contributed by atoms with Crippen LogP contribution < -0.4 is 9.64 Å². The normalized spacial score (nSPS) is 16.6. The zero-order valence-corrected chi connectivity index (χ0v) is 23.6. The highest BCUT2D eigenvalue weighted by Gasteiger charge is 2.48. The molecule has 210 valence electrons. The lowest BCUT2D eigenvalue weighted by Crippen LogP contribution is -2.29. The van der Waals surface area contributed by atoms with Crippen molar-refractivity contribution in [3.8, 4) is 5.75 Å². The van der Waals surface area contributed by atoms with Crippen molar-refractivity contribution < 1.29 is 33.4 Å². The van der Waals surface area contributed by atoms with Gasteiger partial charge in [0.05, 0.1) is 30.5 Å². The van der Waals surface area contributed by atoms with Crippen molar-refractivity contribution in [2.75, 3.05) is 18.1 Å². The first kappa shape index (κ1) is 28.9. The molecular weight excluding hydrogens is 535 g/mol. The standard InChI is InChI=1S/C30H31FN2O6S/c1-5-6-14-38-22-12-10-19(11-13-22)25(34)23-24(20-8-7-9-21(31)15-20)33(28(36)26(23)35)30-32-18(4)27(40-30)29(37)39-16-17(2)3/h7-13,15,17,24,34H,5-6,14,16H2,1-4H3/b25-23-. The number of anilines is 1. The number of halogens is 1. The van der Waals surface area contributed by atoms with E-state index in [2.05, 4.69) is 11.9 Å². The molecule has 1 amide bonds. The molecule has 1 aromatic heterocycles. The van der Waals surface area contributed by atoms with Crippen LogP contribution in [0.5, 0.6) is 5.75 Å². The van der Waals surface area contributed by atoms with Crippen LogP contribution in [-0.4, -0.2) is 41.0 Å². The lowest BCUT2D eigenvalue weighted by Gasteiger charge is -2.23. The van der Waals surface area contributed by atoms with Crippen LogP contribution in [0.3, 0.4) is 0 Å². The zero-order chi connectivity index (χ0) is 29.0. The lowest BCUT2D eigenvalue weighted by molar-refractivity contribution is -0.132. The first-order valence-electron chi connectivity index (χ1n) is 13.1. The number of aliphatic hydroxyl groups is 1. The number of amides is 1. The molecule has 0 bridgehead atoms. The van der Waals surface area contributed by atoms with Gasteiger partial charge in [-0.05, 0) is 61.2 Å². The van der Waals surface area contributed by atoms with Gasteiger partial charge in [0.25, 0.3) is 5.78 Å². The monoisotopic (exact) mass is 566 g/mol. The number of rotatable bonds is 10. The summed E-state index contributed by atoms with van der Waals surface area (Å²) < 4.78 is 25.3. The molecule has 3 aromatic rings. The highest BCUT2D eigenvalue weighted by molar-refractivity contribution is 7.17. The van der Waals surface area contributed by atoms with Crippen LogP contribution in [0.2, 0.25) is 0 Å². The summed E-state index contributed by atoms with van der Waals surface area (Å²) in [5.41, 5.74) is 0.659. The van der Waals surface area contributed by atoms with Crippen LogP contribution in [0.4, 0.5) is 9.52 Å². The number of aliphatic hydroxyl groups excluding tert-OH is 1. The number of hydrogen-bond donors (Lipinski definition) is 1. The largest absolute Gasteiger partial charge is 0.507 e. The molecule has 1 fully saturated rings. The first-order chi connectivity index (χ1) is 19.1. The van der Waals surface area contributed by atoms with E-state index in [4.69, 9.17) is 9.47 Å². The summed E-state index contributed by atoms with van der Waals surface area (Å²) in [7, 11) is 0. The maximum Gasteiger partial charge on any atom is 0.350 e. The van der Waals surface area contributed by atoms with Gasteiger partial charge in [-0.25, -0.2) is 14.2 Å². The number of ketones is 1. The zero-order valence-electron chi connectivity index (χ0n) is 22.8. The molecule has 40 heavy (non-hydrogen) atoms. The van der Waals surface area contributed by atoms with Crippen molar-refractivity contribution in [1.29, 1.82) is 0 Å². The van der Waals surface area contributed by atoms with Crippen molar-refractivity contribution in [3.05, 3.63) is 81.6 Å². The summed E-state index contributed by atoms with van der Waals surface area (Å²) in [6, 6.07) is 10.8. The molecule has 1 aliphatic heterocycles. The van der Waals surface area contributed by atoms with Crippen LogP contribution in [0.25, 0.3) is 5.76 Å². The van der Waals surface area contributed by atoms with E-state index in [0.717, 1.165) is 29.1 Å². The summed E-state index contributed by atoms with van der Waals surface area (Å²) in [5, 5.41) is 11.4. The molecule has 2 aromatic carbocycles. The smallest absolute Gasteiger partial charge is 0.350 e. The molecule has 0 radical (unpaired) electrons. The molecule has 1 atom stereocenters. The summed E-state index contributed by atoms with van der Waals surface area (Å²) in [6.45, 7) is 8.23. The van der Waals surface area contributed by atoms with Crippen LogP contribution in [0, 0.1) is 18.7 Å². The third-order valence-corrected chi connectivity index (χ3v) is 7.36. The van der Waals surface area contributed by atoms with Gasteiger partial charge in [-0.3, -0.25) is 14.5 Å². The molecule has 1 unspecified atom stereocenters.